The maximum absolute atomic E-state index is 12.8. The standard InChI is InChI=1S/C20H20ClF3N4O3/c21-18-15(11-25-28(19(18)30)17-3-1-2-10-31-17)26-8-9-27(16(29)12-26)14-6-4-13(5-7-14)20(22,23)24/h4-7,11,17H,1-3,8-10,12H2. The normalized spacial score (nSPS) is 20.3. The van der Waals surface area contributed by atoms with Gasteiger partial charge in [0, 0.05) is 25.4 Å². The van der Waals surface area contributed by atoms with Crippen LogP contribution < -0.4 is 15.4 Å². The number of alkyl halides is 3. The number of ether oxygens (including phenoxy) is 1. The van der Waals surface area contributed by atoms with Crippen LogP contribution in [0.4, 0.5) is 24.5 Å². The van der Waals surface area contributed by atoms with Crippen molar-refractivity contribution in [3.8, 4) is 0 Å². The minimum absolute atomic E-state index is 0.0417. The fourth-order valence-corrected chi connectivity index (χ4v) is 4.02. The van der Waals surface area contributed by atoms with E-state index in [4.69, 9.17) is 16.3 Å². The third-order valence-corrected chi connectivity index (χ3v) is 5.78. The van der Waals surface area contributed by atoms with Crippen molar-refractivity contribution in [2.75, 3.05) is 36.0 Å². The van der Waals surface area contributed by atoms with Crippen LogP contribution in [0.1, 0.15) is 31.1 Å². The molecule has 2 fully saturated rings. The molecule has 2 aliphatic heterocycles. The van der Waals surface area contributed by atoms with Crippen LogP contribution in [0, 0.1) is 0 Å². The smallest absolute Gasteiger partial charge is 0.358 e. The summed E-state index contributed by atoms with van der Waals surface area (Å²) in [6, 6.07) is 4.44. The number of hydrogen-bond acceptors (Lipinski definition) is 5. The van der Waals surface area contributed by atoms with E-state index < -0.39 is 23.5 Å². The lowest BCUT2D eigenvalue weighted by Crippen LogP contribution is -2.51. The Hall–Kier alpha value is -2.59. The highest BCUT2D eigenvalue weighted by Crippen LogP contribution is 2.31. The van der Waals surface area contributed by atoms with Crippen molar-refractivity contribution in [2.24, 2.45) is 0 Å². The van der Waals surface area contributed by atoms with Crippen molar-refractivity contribution in [2.45, 2.75) is 31.7 Å². The van der Waals surface area contributed by atoms with Crippen molar-refractivity contribution in [1.29, 1.82) is 0 Å². The largest absolute Gasteiger partial charge is 0.416 e. The molecule has 7 nitrogen and oxygen atoms in total. The van der Waals surface area contributed by atoms with Gasteiger partial charge in [-0.25, -0.2) is 0 Å². The monoisotopic (exact) mass is 456 g/mol. The van der Waals surface area contributed by atoms with Gasteiger partial charge in [0.1, 0.15) is 5.02 Å². The lowest BCUT2D eigenvalue weighted by atomic mass is 10.1. The van der Waals surface area contributed by atoms with Crippen LogP contribution in [0.5, 0.6) is 0 Å². The van der Waals surface area contributed by atoms with E-state index in [1.54, 1.807) is 4.90 Å². The number of benzene rings is 1. The number of hydrogen-bond donors (Lipinski definition) is 0. The van der Waals surface area contributed by atoms with E-state index in [0.29, 0.717) is 30.9 Å². The highest BCUT2D eigenvalue weighted by molar-refractivity contribution is 6.33. The molecule has 2 aliphatic rings. The Morgan fingerprint density at radius 2 is 1.84 bits per heavy atom. The Morgan fingerprint density at radius 3 is 2.45 bits per heavy atom. The molecule has 2 aromatic rings. The van der Waals surface area contributed by atoms with E-state index >= 15 is 0 Å². The number of carbonyl (C=O) groups is 1. The van der Waals surface area contributed by atoms with Gasteiger partial charge in [-0.15, -0.1) is 0 Å². The number of piperazine rings is 1. The van der Waals surface area contributed by atoms with Crippen LogP contribution in [0.2, 0.25) is 5.02 Å². The van der Waals surface area contributed by atoms with Crippen LogP contribution in [0.3, 0.4) is 0 Å². The lowest BCUT2D eigenvalue weighted by molar-refractivity contribution is -0.137. The number of anilines is 2. The van der Waals surface area contributed by atoms with E-state index in [-0.39, 0.29) is 24.0 Å². The first kappa shape index (κ1) is 21.6. The Bertz CT molecular complexity index is 1020. The van der Waals surface area contributed by atoms with Gasteiger partial charge >= 0.3 is 6.18 Å². The summed E-state index contributed by atoms with van der Waals surface area (Å²) in [4.78, 5) is 28.4. The van der Waals surface area contributed by atoms with Gasteiger partial charge in [0.25, 0.3) is 5.56 Å². The summed E-state index contributed by atoms with van der Waals surface area (Å²) >= 11 is 6.31. The third-order valence-electron chi connectivity index (χ3n) is 5.42. The topological polar surface area (TPSA) is 67.7 Å². The number of amides is 1. The van der Waals surface area contributed by atoms with Crippen molar-refractivity contribution < 1.29 is 22.7 Å². The molecule has 3 heterocycles. The average molecular weight is 457 g/mol. The second-order valence-corrected chi connectivity index (χ2v) is 7.80. The Kier molecular flexibility index (Phi) is 5.94. The van der Waals surface area contributed by atoms with Crippen molar-refractivity contribution >= 4 is 28.9 Å². The van der Waals surface area contributed by atoms with E-state index in [9.17, 15) is 22.8 Å². The number of carbonyl (C=O) groups excluding carboxylic acids is 1. The first-order valence-electron chi connectivity index (χ1n) is 9.87. The number of nitrogens with zero attached hydrogens (tertiary/aromatic N) is 4. The van der Waals surface area contributed by atoms with Gasteiger partial charge in [-0.3, -0.25) is 9.59 Å². The first-order valence-corrected chi connectivity index (χ1v) is 10.2. The molecule has 0 radical (unpaired) electrons. The molecule has 1 atom stereocenters. The SMILES string of the molecule is O=C1CN(c2cnn(C3CCCCO3)c(=O)c2Cl)CCN1c1ccc(C(F)(F)F)cc1. The number of aromatic nitrogens is 2. The minimum Gasteiger partial charge on any atom is -0.358 e. The van der Waals surface area contributed by atoms with Crippen LogP contribution in [0.15, 0.2) is 35.3 Å². The van der Waals surface area contributed by atoms with Crippen LogP contribution in [-0.2, 0) is 15.7 Å². The van der Waals surface area contributed by atoms with Gasteiger partial charge in [0.15, 0.2) is 6.23 Å². The van der Waals surface area contributed by atoms with Crippen molar-refractivity contribution in [3.05, 3.63) is 51.4 Å². The molecule has 1 unspecified atom stereocenters. The molecule has 0 aliphatic carbocycles. The zero-order valence-electron chi connectivity index (χ0n) is 16.4. The van der Waals surface area contributed by atoms with Crippen LogP contribution in [0.25, 0.3) is 0 Å². The molecule has 1 aromatic heterocycles. The fraction of sp³-hybridized carbons (Fsp3) is 0.450. The van der Waals surface area contributed by atoms with Gasteiger partial charge < -0.3 is 14.5 Å². The Balaban J connectivity index is 1.49. The molecule has 31 heavy (non-hydrogen) atoms. The predicted molar refractivity (Wildman–Crippen MR) is 108 cm³/mol. The second kappa shape index (κ2) is 8.51. The molecule has 0 N–H and O–H groups in total. The summed E-state index contributed by atoms with van der Waals surface area (Å²) in [7, 11) is 0. The first-order chi connectivity index (χ1) is 14.8. The Labute approximate surface area is 181 Å². The zero-order chi connectivity index (χ0) is 22.2. The van der Waals surface area contributed by atoms with Gasteiger partial charge in [-0.2, -0.15) is 23.0 Å². The molecule has 166 valence electrons. The van der Waals surface area contributed by atoms with Gasteiger partial charge in [0.05, 0.1) is 24.0 Å². The fourth-order valence-electron chi connectivity index (χ4n) is 3.76. The summed E-state index contributed by atoms with van der Waals surface area (Å²) in [6.45, 7) is 1.05. The summed E-state index contributed by atoms with van der Waals surface area (Å²) in [6.07, 6.45) is -0.907. The summed E-state index contributed by atoms with van der Waals surface area (Å²) < 4.78 is 45.1. The molecule has 4 rings (SSSR count). The quantitative estimate of drug-likeness (QED) is 0.707. The molecule has 0 bridgehead atoms. The number of halogens is 4. The maximum Gasteiger partial charge on any atom is 0.416 e. The number of rotatable bonds is 3. The third kappa shape index (κ3) is 4.40. The summed E-state index contributed by atoms with van der Waals surface area (Å²) in [5, 5.41) is 4.15. The van der Waals surface area contributed by atoms with E-state index in [1.807, 2.05) is 0 Å². The van der Waals surface area contributed by atoms with E-state index in [0.717, 1.165) is 25.0 Å². The molecule has 0 saturated carbocycles. The Morgan fingerprint density at radius 1 is 1.10 bits per heavy atom. The van der Waals surface area contributed by atoms with Crippen LogP contribution >= 0.6 is 11.6 Å². The van der Waals surface area contributed by atoms with E-state index in [2.05, 4.69) is 5.10 Å². The van der Waals surface area contributed by atoms with E-state index in [1.165, 1.54) is 27.9 Å². The minimum atomic E-state index is -4.44. The lowest BCUT2D eigenvalue weighted by Gasteiger charge is -2.36. The molecular weight excluding hydrogens is 437 g/mol. The summed E-state index contributed by atoms with van der Waals surface area (Å²) in [5.41, 5.74) is -0.530. The molecular formula is C20H20ClF3N4O3. The van der Waals surface area contributed by atoms with Gasteiger partial charge in [-0.1, -0.05) is 11.6 Å². The maximum atomic E-state index is 12.8. The van der Waals surface area contributed by atoms with Crippen molar-refractivity contribution in [3.63, 3.8) is 0 Å². The second-order valence-electron chi connectivity index (χ2n) is 7.43. The van der Waals surface area contributed by atoms with Crippen LogP contribution in [-0.4, -0.2) is 41.9 Å². The highest BCUT2D eigenvalue weighted by atomic mass is 35.5. The molecule has 11 heteroatoms. The molecule has 0 spiro atoms. The van der Waals surface area contributed by atoms with Gasteiger partial charge in [-0.05, 0) is 43.5 Å². The highest BCUT2D eigenvalue weighted by Gasteiger charge is 2.32. The average Bonchev–Trinajstić information content (AvgIpc) is 2.76. The van der Waals surface area contributed by atoms with Gasteiger partial charge in [0.2, 0.25) is 5.91 Å². The molecule has 1 aromatic carbocycles. The summed E-state index contributed by atoms with van der Waals surface area (Å²) in [5.74, 6) is -0.318. The molecule has 1 amide bonds. The van der Waals surface area contributed by atoms with Crippen molar-refractivity contribution in [1.82, 2.24) is 9.78 Å². The predicted octanol–water partition coefficient (Wildman–Crippen LogP) is 3.47. The zero-order valence-corrected chi connectivity index (χ0v) is 17.2. The molecule has 2 saturated heterocycles.